The second kappa shape index (κ2) is 13.8. The fraction of sp³-hybridized carbons (Fsp3) is 0.212. The van der Waals surface area contributed by atoms with Gasteiger partial charge in [-0.1, -0.05) is 60.7 Å². The molecular weight excluding hydrogens is 523 g/mol. The van der Waals surface area contributed by atoms with Crippen molar-refractivity contribution in [1.82, 2.24) is 5.32 Å². The molecule has 40 heavy (non-hydrogen) atoms. The topological polar surface area (TPSA) is 69.6 Å². The van der Waals surface area contributed by atoms with Gasteiger partial charge in [-0.15, -0.1) is 0 Å². The van der Waals surface area contributed by atoms with Crippen molar-refractivity contribution in [1.29, 1.82) is 0 Å². The Hall–Kier alpha value is -4.10. The Kier molecular flexibility index (Phi) is 9.97. The molecule has 0 bridgehead atoms. The van der Waals surface area contributed by atoms with Crippen molar-refractivity contribution in [3.05, 3.63) is 125 Å². The van der Waals surface area contributed by atoms with Gasteiger partial charge in [0.1, 0.15) is 11.9 Å². The van der Waals surface area contributed by atoms with Gasteiger partial charge in [0.05, 0.1) is 0 Å². The van der Waals surface area contributed by atoms with Crippen LogP contribution in [0.2, 0.25) is 0 Å². The molecule has 2 N–H and O–H groups in total. The van der Waals surface area contributed by atoms with Gasteiger partial charge in [0, 0.05) is 24.3 Å². The summed E-state index contributed by atoms with van der Waals surface area (Å²) >= 11 is 1.54. The van der Waals surface area contributed by atoms with Gasteiger partial charge in [0.25, 0.3) is 5.91 Å². The molecule has 0 aliphatic rings. The Morgan fingerprint density at radius 2 is 1.52 bits per heavy atom. The lowest BCUT2D eigenvalue weighted by atomic mass is 9.93. The number of anilines is 1. The number of amides is 1. The highest BCUT2D eigenvalue weighted by atomic mass is 32.2. The van der Waals surface area contributed by atoms with E-state index in [1.165, 1.54) is 12.1 Å². The number of aryl methyl sites for hydroxylation is 1. The zero-order valence-corrected chi connectivity index (χ0v) is 23.5. The fourth-order valence-electron chi connectivity index (χ4n) is 4.62. The molecule has 0 aliphatic carbocycles. The fourth-order valence-corrected chi connectivity index (χ4v) is 5.09. The minimum absolute atomic E-state index is 0.273. The number of carbonyl (C=O) groups is 2. The number of benzene rings is 4. The number of halogens is 1. The number of nitrogens with one attached hydrogen (secondary N) is 1. The van der Waals surface area contributed by atoms with Gasteiger partial charge in [0.2, 0.25) is 0 Å². The number of aliphatic carboxylic acids is 1. The highest BCUT2D eigenvalue weighted by molar-refractivity contribution is 7.98. The van der Waals surface area contributed by atoms with Gasteiger partial charge in [0.15, 0.2) is 0 Å². The molecule has 1 amide bonds. The van der Waals surface area contributed by atoms with Crippen LogP contribution in [0.1, 0.15) is 33.5 Å². The lowest BCUT2D eigenvalue weighted by Crippen LogP contribution is -2.41. The average Bonchev–Trinajstić information content (AvgIpc) is 2.96. The van der Waals surface area contributed by atoms with Crippen LogP contribution in [0.15, 0.2) is 97.1 Å². The summed E-state index contributed by atoms with van der Waals surface area (Å²) in [5.41, 5.74) is 6.08. The number of thioether (sulfide) groups is 1. The van der Waals surface area contributed by atoms with E-state index in [-0.39, 0.29) is 5.82 Å². The van der Waals surface area contributed by atoms with Crippen LogP contribution in [0, 0.1) is 12.7 Å². The molecule has 0 saturated heterocycles. The van der Waals surface area contributed by atoms with E-state index >= 15 is 0 Å². The summed E-state index contributed by atoms with van der Waals surface area (Å²) in [5, 5.41) is 12.4. The Balaban J connectivity index is 1.70. The third-order valence-corrected chi connectivity index (χ3v) is 7.40. The van der Waals surface area contributed by atoms with Crippen molar-refractivity contribution in [2.75, 3.05) is 16.9 Å². The maximum absolute atomic E-state index is 13.5. The van der Waals surface area contributed by atoms with Gasteiger partial charge in [-0.05, 0) is 89.6 Å². The van der Waals surface area contributed by atoms with Crippen molar-refractivity contribution >= 4 is 29.3 Å². The van der Waals surface area contributed by atoms with Gasteiger partial charge >= 0.3 is 5.97 Å². The molecule has 4 aromatic carbocycles. The lowest BCUT2D eigenvalue weighted by molar-refractivity contribution is -0.139. The van der Waals surface area contributed by atoms with E-state index in [1.807, 2.05) is 79.9 Å². The predicted octanol–water partition coefficient (Wildman–Crippen LogP) is 6.94. The second-order valence-corrected chi connectivity index (χ2v) is 10.6. The summed E-state index contributed by atoms with van der Waals surface area (Å²) < 4.78 is 13.5. The van der Waals surface area contributed by atoms with Gasteiger partial charge in [-0.3, -0.25) is 4.79 Å². The number of carbonyl (C=O) groups excluding carboxylic acids is 1. The first-order chi connectivity index (χ1) is 19.4. The zero-order valence-electron chi connectivity index (χ0n) is 22.6. The second-order valence-electron chi connectivity index (χ2n) is 9.66. The normalized spacial score (nSPS) is 11.6. The van der Waals surface area contributed by atoms with Crippen LogP contribution in [0.3, 0.4) is 0 Å². The standard InChI is InChI=1S/C33H33FN2O3S/c1-23-8-6-7-11-28(23)30-20-25(14-17-29(30)32(37)35-31(33(38)39)18-19-40-2)22-36(27-9-4-3-5-10-27)21-24-12-15-26(34)16-13-24/h3-17,20,31H,18-19,21-22H2,1-2H3,(H,35,37)(H,38,39). The third-order valence-electron chi connectivity index (χ3n) is 6.76. The average molecular weight is 557 g/mol. The summed E-state index contributed by atoms with van der Waals surface area (Å²) in [5.74, 6) is -1.10. The molecular formula is C33H33FN2O3S. The van der Waals surface area contributed by atoms with Crippen LogP contribution in [0.25, 0.3) is 11.1 Å². The summed E-state index contributed by atoms with van der Waals surface area (Å²) in [6, 6.07) is 29.1. The first-order valence-corrected chi connectivity index (χ1v) is 14.5. The molecule has 7 heteroatoms. The number of carboxylic acids is 1. The minimum Gasteiger partial charge on any atom is -0.480 e. The number of hydrogen-bond acceptors (Lipinski definition) is 4. The molecule has 4 rings (SSSR count). The monoisotopic (exact) mass is 556 g/mol. The largest absolute Gasteiger partial charge is 0.480 e. The SMILES string of the molecule is CSCCC(NC(=O)c1ccc(CN(Cc2ccc(F)cc2)c2ccccc2)cc1-c1ccccc1C)C(=O)O. The lowest BCUT2D eigenvalue weighted by Gasteiger charge is -2.26. The smallest absolute Gasteiger partial charge is 0.326 e. The summed E-state index contributed by atoms with van der Waals surface area (Å²) in [6.45, 7) is 3.11. The Morgan fingerprint density at radius 1 is 0.875 bits per heavy atom. The van der Waals surface area contributed by atoms with Crippen molar-refractivity contribution in [2.45, 2.75) is 32.5 Å². The van der Waals surface area contributed by atoms with Crippen LogP contribution in [0.5, 0.6) is 0 Å². The molecule has 0 heterocycles. The summed E-state index contributed by atoms with van der Waals surface area (Å²) in [7, 11) is 0. The van der Waals surface area contributed by atoms with Gasteiger partial charge in [-0.25, -0.2) is 9.18 Å². The number of carboxylic acid groups (broad SMARTS) is 1. The van der Waals surface area contributed by atoms with Crippen LogP contribution in [-0.2, 0) is 17.9 Å². The Labute approximate surface area is 239 Å². The first kappa shape index (κ1) is 28.9. The Morgan fingerprint density at radius 3 is 2.20 bits per heavy atom. The van der Waals surface area contributed by atoms with Crippen LogP contribution in [0.4, 0.5) is 10.1 Å². The predicted molar refractivity (Wildman–Crippen MR) is 161 cm³/mol. The number of rotatable bonds is 12. The summed E-state index contributed by atoms with van der Waals surface area (Å²) in [4.78, 5) is 27.4. The maximum Gasteiger partial charge on any atom is 0.326 e. The molecule has 206 valence electrons. The molecule has 5 nitrogen and oxygen atoms in total. The molecule has 0 aromatic heterocycles. The number of nitrogens with zero attached hydrogens (tertiary/aromatic N) is 1. The molecule has 4 aromatic rings. The van der Waals surface area contributed by atoms with E-state index in [4.69, 9.17) is 0 Å². The summed E-state index contributed by atoms with van der Waals surface area (Å²) in [6.07, 6.45) is 2.25. The maximum atomic E-state index is 13.5. The van der Waals surface area contributed by atoms with Crippen molar-refractivity contribution in [3.8, 4) is 11.1 Å². The van der Waals surface area contributed by atoms with Crippen molar-refractivity contribution in [3.63, 3.8) is 0 Å². The van der Waals surface area contributed by atoms with E-state index in [0.717, 1.165) is 33.5 Å². The van der Waals surface area contributed by atoms with Gasteiger partial charge in [-0.2, -0.15) is 11.8 Å². The minimum atomic E-state index is -1.05. The Bertz CT molecular complexity index is 1440. The van der Waals surface area contributed by atoms with E-state index < -0.39 is 17.9 Å². The molecule has 0 radical (unpaired) electrons. The van der Waals surface area contributed by atoms with Crippen LogP contribution >= 0.6 is 11.8 Å². The van der Waals surface area contributed by atoms with Crippen LogP contribution in [-0.4, -0.2) is 35.0 Å². The van der Waals surface area contributed by atoms with E-state index in [0.29, 0.717) is 30.8 Å². The number of hydrogen-bond donors (Lipinski definition) is 2. The molecule has 0 aliphatic heterocycles. The molecule has 1 unspecified atom stereocenters. The van der Waals surface area contributed by atoms with E-state index in [1.54, 1.807) is 30.0 Å². The first-order valence-electron chi connectivity index (χ1n) is 13.1. The third kappa shape index (κ3) is 7.51. The van der Waals surface area contributed by atoms with Crippen molar-refractivity contribution < 1.29 is 19.1 Å². The molecule has 1 atom stereocenters. The highest BCUT2D eigenvalue weighted by Crippen LogP contribution is 2.30. The molecule has 0 fully saturated rings. The van der Waals surface area contributed by atoms with E-state index in [2.05, 4.69) is 10.2 Å². The van der Waals surface area contributed by atoms with Crippen LogP contribution < -0.4 is 10.2 Å². The zero-order chi connectivity index (χ0) is 28.5. The quantitative estimate of drug-likeness (QED) is 0.198. The number of para-hydroxylation sites is 1. The highest BCUT2D eigenvalue weighted by Gasteiger charge is 2.23. The molecule has 0 saturated carbocycles. The van der Waals surface area contributed by atoms with Crippen molar-refractivity contribution in [2.24, 2.45) is 0 Å². The van der Waals surface area contributed by atoms with E-state index in [9.17, 15) is 19.1 Å². The molecule has 0 spiro atoms. The van der Waals surface area contributed by atoms with Gasteiger partial charge < -0.3 is 15.3 Å².